The van der Waals surface area contributed by atoms with Gasteiger partial charge in [-0.3, -0.25) is 14.7 Å². The van der Waals surface area contributed by atoms with Crippen LogP contribution in [0.1, 0.15) is 60.2 Å². The number of fused-ring (bicyclic) bond motifs is 2. The third-order valence-corrected chi connectivity index (χ3v) is 8.69. The molecule has 0 aliphatic heterocycles. The maximum atomic E-state index is 13.5. The van der Waals surface area contributed by atoms with Crippen LogP contribution in [0.3, 0.4) is 0 Å². The van der Waals surface area contributed by atoms with Crippen molar-refractivity contribution in [3.8, 4) is 11.4 Å². The number of H-pyrrole nitrogens is 1. The summed E-state index contributed by atoms with van der Waals surface area (Å²) in [5.41, 5.74) is 2.92. The molecule has 3 N–H and O–H groups in total. The van der Waals surface area contributed by atoms with E-state index in [-0.39, 0.29) is 36.2 Å². The number of aromatic amines is 1. The van der Waals surface area contributed by atoms with E-state index in [1.165, 1.54) is 0 Å². The third kappa shape index (κ3) is 5.95. The van der Waals surface area contributed by atoms with Crippen LogP contribution in [0.25, 0.3) is 33.3 Å². The van der Waals surface area contributed by atoms with Crippen molar-refractivity contribution in [2.45, 2.75) is 46.2 Å². The normalized spacial score (nSPS) is 12.6. The molecule has 1 atom stereocenters. The minimum atomic E-state index is -0.387. The number of carbonyl (C=O) groups is 2. The molecule has 1 unspecified atom stereocenters. The largest absolute Gasteiger partial charge is 0.355 e. The fourth-order valence-corrected chi connectivity index (χ4v) is 6.17. The summed E-state index contributed by atoms with van der Waals surface area (Å²) >= 11 is 8.27. The number of hydrogen-bond acceptors (Lipinski definition) is 8. The van der Waals surface area contributed by atoms with E-state index in [1.807, 2.05) is 35.7 Å². The highest BCUT2D eigenvalue weighted by Crippen LogP contribution is 2.41. The van der Waals surface area contributed by atoms with Gasteiger partial charge in [-0.15, -0.1) is 11.3 Å². The van der Waals surface area contributed by atoms with Crippen LogP contribution in [-0.2, 0) is 17.8 Å². The number of hydrogen-bond donors (Lipinski definition) is 3. The SMILES string of the molecule is CNC(=O)c1cc2nc(-c3ccc4cn[nH]c4c3)n(C(CC(=O)NCc3nc(Cc4cccs4)no3)C(C)(C)C)c2cc1Cl. The molecule has 11 nitrogen and oxygen atoms in total. The van der Waals surface area contributed by atoms with Crippen molar-refractivity contribution < 1.29 is 14.1 Å². The Kier molecular flexibility index (Phi) is 7.95. The number of aromatic nitrogens is 6. The zero-order valence-corrected chi connectivity index (χ0v) is 26.2. The lowest BCUT2D eigenvalue weighted by Gasteiger charge is -2.33. The van der Waals surface area contributed by atoms with E-state index in [2.05, 4.69) is 56.3 Å². The molecule has 0 spiro atoms. The first kappa shape index (κ1) is 29.5. The lowest BCUT2D eigenvalue weighted by atomic mass is 9.84. The number of thiophene rings is 1. The molecule has 0 fully saturated rings. The Bertz CT molecular complexity index is 1970. The van der Waals surface area contributed by atoms with E-state index in [9.17, 15) is 9.59 Å². The summed E-state index contributed by atoms with van der Waals surface area (Å²) in [6, 6.07) is 13.0. The summed E-state index contributed by atoms with van der Waals surface area (Å²) < 4.78 is 7.44. The summed E-state index contributed by atoms with van der Waals surface area (Å²) in [6.07, 6.45) is 2.47. The summed E-state index contributed by atoms with van der Waals surface area (Å²) in [7, 11) is 1.56. The Hall–Kier alpha value is -4.55. The number of imidazole rings is 1. The zero-order chi connectivity index (χ0) is 31.0. The Morgan fingerprint density at radius 3 is 2.75 bits per heavy atom. The molecule has 0 aliphatic carbocycles. The number of benzene rings is 2. The molecule has 0 saturated heterocycles. The van der Waals surface area contributed by atoms with Crippen LogP contribution in [0, 0.1) is 5.41 Å². The van der Waals surface area contributed by atoms with Gasteiger partial charge in [0.2, 0.25) is 11.8 Å². The maximum Gasteiger partial charge on any atom is 0.252 e. The average molecular weight is 631 g/mol. The van der Waals surface area contributed by atoms with Gasteiger partial charge in [0.15, 0.2) is 5.82 Å². The second kappa shape index (κ2) is 11.9. The predicted molar refractivity (Wildman–Crippen MR) is 170 cm³/mol. The second-order valence-electron chi connectivity index (χ2n) is 11.6. The van der Waals surface area contributed by atoms with Crippen molar-refractivity contribution >= 4 is 56.7 Å². The zero-order valence-electron chi connectivity index (χ0n) is 24.6. The van der Waals surface area contributed by atoms with E-state index < -0.39 is 0 Å². The fraction of sp³-hybridized carbons (Fsp3) is 0.290. The molecule has 0 bridgehead atoms. The van der Waals surface area contributed by atoms with Gasteiger partial charge >= 0.3 is 0 Å². The van der Waals surface area contributed by atoms with Crippen molar-refractivity contribution in [3.05, 3.63) is 81.2 Å². The van der Waals surface area contributed by atoms with E-state index in [1.54, 1.807) is 36.7 Å². The summed E-state index contributed by atoms with van der Waals surface area (Å²) in [6.45, 7) is 6.35. The predicted octanol–water partition coefficient (Wildman–Crippen LogP) is 5.92. The van der Waals surface area contributed by atoms with Gasteiger partial charge in [0.25, 0.3) is 5.91 Å². The Morgan fingerprint density at radius 2 is 2.00 bits per heavy atom. The first-order valence-corrected chi connectivity index (χ1v) is 15.3. The van der Waals surface area contributed by atoms with Gasteiger partial charge in [0, 0.05) is 41.8 Å². The van der Waals surface area contributed by atoms with Crippen molar-refractivity contribution in [1.29, 1.82) is 0 Å². The molecule has 44 heavy (non-hydrogen) atoms. The molecule has 4 heterocycles. The average Bonchev–Trinajstić information content (AvgIpc) is 3.81. The minimum Gasteiger partial charge on any atom is -0.355 e. The molecule has 0 aliphatic rings. The first-order chi connectivity index (χ1) is 21.1. The van der Waals surface area contributed by atoms with E-state index in [4.69, 9.17) is 21.1 Å². The summed E-state index contributed by atoms with van der Waals surface area (Å²) in [4.78, 5) is 36.6. The Labute approximate surface area is 262 Å². The quantitative estimate of drug-likeness (QED) is 0.180. The van der Waals surface area contributed by atoms with Crippen LogP contribution < -0.4 is 10.6 Å². The number of nitrogens with zero attached hydrogens (tertiary/aromatic N) is 5. The van der Waals surface area contributed by atoms with Crippen LogP contribution in [0.5, 0.6) is 0 Å². The van der Waals surface area contributed by atoms with Gasteiger partial charge in [-0.05, 0) is 35.1 Å². The Balaban J connectivity index is 1.34. The van der Waals surface area contributed by atoms with Gasteiger partial charge in [-0.1, -0.05) is 55.7 Å². The van der Waals surface area contributed by atoms with Gasteiger partial charge in [0.05, 0.1) is 39.9 Å². The van der Waals surface area contributed by atoms with Crippen LogP contribution in [0.2, 0.25) is 5.02 Å². The summed E-state index contributed by atoms with van der Waals surface area (Å²) in [5, 5.41) is 20.1. The molecule has 13 heteroatoms. The van der Waals surface area contributed by atoms with Gasteiger partial charge in [-0.25, -0.2) is 4.98 Å². The molecular weight excluding hydrogens is 600 g/mol. The van der Waals surface area contributed by atoms with Crippen LogP contribution in [0.4, 0.5) is 0 Å². The Morgan fingerprint density at radius 1 is 1.16 bits per heavy atom. The molecule has 2 aromatic carbocycles. The molecule has 4 aromatic heterocycles. The van der Waals surface area contributed by atoms with Crippen molar-refractivity contribution in [1.82, 2.24) is 40.5 Å². The number of halogens is 1. The minimum absolute atomic E-state index is 0.114. The van der Waals surface area contributed by atoms with Gasteiger partial charge in [-0.2, -0.15) is 10.1 Å². The maximum absolute atomic E-state index is 13.5. The third-order valence-electron chi connectivity index (χ3n) is 7.50. The van der Waals surface area contributed by atoms with Crippen LogP contribution in [0.15, 0.2) is 58.6 Å². The standard InChI is InChI=1S/C31H31ClN8O3S/c1-31(2,3)25(14-27(41)34-16-28-37-26(39-43-28)11-19-6-5-9-44-19)40-24-13-21(32)20(30(42)33-4)12-23(24)36-29(40)17-7-8-18-15-35-38-22(18)10-17/h5-10,12-13,15,25H,11,14,16H2,1-4H3,(H,33,42)(H,34,41)(H,35,38). The highest BCUT2D eigenvalue weighted by atomic mass is 35.5. The van der Waals surface area contributed by atoms with Crippen molar-refractivity contribution in [2.75, 3.05) is 7.05 Å². The fourth-order valence-electron chi connectivity index (χ4n) is 5.23. The van der Waals surface area contributed by atoms with Crippen molar-refractivity contribution in [2.24, 2.45) is 5.41 Å². The van der Waals surface area contributed by atoms with E-state index >= 15 is 0 Å². The number of carbonyl (C=O) groups excluding carboxylic acids is 2. The molecule has 6 aromatic rings. The molecular formula is C31H31ClN8O3S. The van der Waals surface area contributed by atoms with Crippen LogP contribution >= 0.6 is 22.9 Å². The number of amides is 2. The number of rotatable bonds is 9. The summed E-state index contributed by atoms with van der Waals surface area (Å²) in [5.74, 6) is 1.06. The van der Waals surface area contributed by atoms with E-state index in [0.717, 1.165) is 21.3 Å². The monoisotopic (exact) mass is 630 g/mol. The highest BCUT2D eigenvalue weighted by molar-refractivity contribution is 7.09. The van der Waals surface area contributed by atoms with Crippen molar-refractivity contribution in [3.63, 3.8) is 0 Å². The smallest absolute Gasteiger partial charge is 0.252 e. The molecule has 0 saturated carbocycles. The molecule has 0 radical (unpaired) electrons. The van der Waals surface area contributed by atoms with E-state index in [0.29, 0.717) is 45.6 Å². The second-order valence-corrected chi connectivity index (χ2v) is 13.0. The van der Waals surface area contributed by atoms with Gasteiger partial charge < -0.3 is 19.7 Å². The first-order valence-electron chi connectivity index (χ1n) is 14.1. The highest BCUT2D eigenvalue weighted by Gasteiger charge is 2.33. The lowest BCUT2D eigenvalue weighted by Crippen LogP contribution is -2.32. The molecule has 226 valence electrons. The molecule has 2 amide bonds. The lowest BCUT2D eigenvalue weighted by molar-refractivity contribution is -0.122. The topological polar surface area (TPSA) is 144 Å². The molecule has 6 rings (SSSR count). The number of nitrogens with one attached hydrogen (secondary N) is 3. The van der Waals surface area contributed by atoms with Crippen LogP contribution in [-0.4, -0.2) is 48.8 Å². The van der Waals surface area contributed by atoms with Gasteiger partial charge in [0.1, 0.15) is 5.82 Å².